The van der Waals surface area contributed by atoms with Crippen molar-refractivity contribution < 1.29 is 18.7 Å². The van der Waals surface area contributed by atoms with Crippen LogP contribution in [0.4, 0.5) is 4.39 Å². The van der Waals surface area contributed by atoms with Gasteiger partial charge in [-0.1, -0.05) is 23.7 Å². The Morgan fingerprint density at radius 2 is 1.92 bits per heavy atom. The van der Waals surface area contributed by atoms with E-state index < -0.39 is 11.8 Å². The van der Waals surface area contributed by atoms with Gasteiger partial charge in [-0.05, 0) is 35.9 Å². The van der Waals surface area contributed by atoms with Crippen molar-refractivity contribution in [2.75, 3.05) is 7.11 Å². The molecule has 0 N–H and O–H groups in total. The zero-order valence-corrected chi connectivity index (χ0v) is 13.5. The molecule has 0 aliphatic carbocycles. The minimum atomic E-state index is -0.586. The number of rotatable bonds is 4. The smallest absolute Gasteiger partial charge is 0.356 e. The van der Waals surface area contributed by atoms with Crippen molar-refractivity contribution in [1.29, 1.82) is 0 Å². The highest BCUT2D eigenvalue weighted by molar-refractivity contribution is 6.30. The molecule has 0 aliphatic rings. The first-order valence-electron chi connectivity index (χ1n) is 7.12. The van der Waals surface area contributed by atoms with Crippen molar-refractivity contribution in [2.24, 2.45) is 0 Å². The van der Waals surface area contributed by atoms with Crippen molar-refractivity contribution in [3.8, 4) is 5.75 Å². The molecular weight excluding hydrogens is 333 g/mol. The van der Waals surface area contributed by atoms with Gasteiger partial charge in [0.1, 0.15) is 18.2 Å². The SMILES string of the molecule is COC(=O)c1cc(OCc2ccc(Cl)cc2)c2cc(F)ccc2n1. The van der Waals surface area contributed by atoms with Crippen LogP contribution in [0.5, 0.6) is 5.75 Å². The molecule has 0 unspecified atom stereocenters. The lowest BCUT2D eigenvalue weighted by Crippen LogP contribution is -2.06. The highest BCUT2D eigenvalue weighted by Crippen LogP contribution is 2.27. The molecule has 3 rings (SSSR count). The van der Waals surface area contributed by atoms with E-state index in [0.717, 1.165) is 5.56 Å². The van der Waals surface area contributed by atoms with E-state index in [1.165, 1.54) is 31.4 Å². The lowest BCUT2D eigenvalue weighted by molar-refractivity contribution is 0.0594. The van der Waals surface area contributed by atoms with Gasteiger partial charge in [0, 0.05) is 16.5 Å². The average Bonchev–Trinajstić information content (AvgIpc) is 2.60. The molecule has 0 aliphatic heterocycles. The maximum atomic E-state index is 13.6. The molecule has 24 heavy (non-hydrogen) atoms. The Balaban J connectivity index is 1.98. The van der Waals surface area contributed by atoms with Crippen LogP contribution in [0.15, 0.2) is 48.5 Å². The van der Waals surface area contributed by atoms with Gasteiger partial charge in [-0.15, -0.1) is 0 Å². The summed E-state index contributed by atoms with van der Waals surface area (Å²) in [5.41, 5.74) is 1.44. The number of ether oxygens (including phenoxy) is 2. The number of hydrogen-bond donors (Lipinski definition) is 0. The summed E-state index contributed by atoms with van der Waals surface area (Å²) in [7, 11) is 1.27. The number of hydrogen-bond acceptors (Lipinski definition) is 4. The molecule has 0 spiro atoms. The summed E-state index contributed by atoms with van der Waals surface area (Å²) >= 11 is 5.85. The van der Waals surface area contributed by atoms with E-state index in [-0.39, 0.29) is 12.3 Å². The number of esters is 1. The molecule has 0 amide bonds. The summed E-state index contributed by atoms with van der Waals surface area (Å²) in [6, 6.07) is 12.7. The molecule has 122 valence electrons. The molecule has 4 nitrogen and oxygen atoms in total. The number of halogens is 2. The molecule has 1 heterocycles. The Morgan fingerprint density at radius 3 is 2.62 bits per heavy atom. The van der Waals surface area contributed by atoms with Crippen LogP contribution in [0.2, 0.25) is 5.02 Å². The number of nitrogens with zero attached hydrogens (tertiary/aromatic N) is 1. The maximum absolute atomic E-state index is 13.6. The van der Waals surface area contributed by atoms with Crippen molar-refractivity contribution in [2.45, 2.75) is 6.61 Å². The molecule has 0 bridgehead atoms. The van der Waals surface area contributed by atoms with Gasteiger partial charge < -0.3 is 9.47 Å². The number of aromatic nitrogens is 1. The molecule has 0 saturated carbocycles. The standard InChI is InChI=1S/C18H13ClFNO3/c1-23-18(22)16-9-17(14-8-13(20)6-7-15(14)21-16)24-10-11-2-4-12(19)5-3-11/h2-9H,10H2,1H3. The fourth-order valence-electron chi connectivity index (χ4n) is 2.24. The Morgan fingerprint density at radius 1 is 1.17 bits per heavy atom. The summed E-state index contributed by atoms with van der Waals surface area (Å²) in [6.45, 7) is 0.243. The lowest BCUT2D eigenvalue weighted by Gasteiger charge is -2.11. The summed E-state index contributed by atoms with van der Waals surface area (Å²) in [5, 5.41) is 1.11. The zero-order valence-electron chi connectivity index (χ0n) is 12.8. The van der Waals surface area contributed by atoms with E-state index in [9.17, 15) is 9.18 Å². The second-order valence-corrected chi connectivity index (χ2v) is 5.51. The molecule has 2 aromatic carbocycles. The Kier molecular flexibility index (Phi) is 4.62. The number of fused-ring (bicyclic) bond motifs is 1. The minimum Gasteiger partial charge on any atom is -0.488 e. The highest BCUT2D eigenvalue weighted by atomic mass is 35.5. The van der Waals surface area contributed by atoms with Crippen LogP contribution < -0.4 is 4.74 Å². The van der Waals surface area contributed by atoms with Crippen LogP contribution in [0.1, 0.15) is 16.1 Å². The minimum absolute atomic E-state index is 0.0997. The first kappa shape index (κ1) is 16.2. The predicted molar refractivity (Wildman–Crippen MR) is 88.8 cm³/mol. The van der Waals surface area contributed by atoms with Crippen LogP contribution in [0, 0.1) is 5.82 Å². The second kappa shape index (κ2) is 6.84. The van der Waals surface area contributed by atoms with Gasteiger partial charge in [0.05, 0.1) is 12.6 Å². The number of benzene rings is 2. The topological polar surface area (TPSA) is 48.4 Å². The van der Waals surface area contributed by atoms with Gasteiger partial charge in [0.25, 0.3) is 0 Å². The third kappa shape index (κ3) is 3.46. The second-order valence-electron chi connectivity index (χ2n) is 5.07. The number of carbonyl (C=O) groups is 1. The van der Waals surface area contributed by atoms with Gasteiger partial charge in [0.15, 0.2) is 5.69 Å². The largest absolute Gasteiger partial charge is 0.488 e. The number of pyridine rings is 1. The third-order valence-corrected chi connectivity index (χ3v) is 3.69. The van der Waals surface area contributed by atoms with Gasteiger partial charge in [-0.2, -0.15) is 0 Å². The van der Waals surface area contributed by atoms with E-state index in [1.807, 2.05) is 12.1 Å². The molecule has 3 aromatic rings. The van der Waals surface area contributed by atoms with E-state index >= 15 is 0 Å². The van der Waals surface area contributed by atoms with E-state index in [2.05, 4.69) is 4.98 Å². The molecule has 0 saturated heterocycles. The Hall–Kier alpha value is -2.66. The average molecular weight is 346 g/mol. The van der Waals surface area contributed by atoms with Crippen molar-refractivity contribution in [1.82, 2.24) is 4.98 Å². The zero-order chi connectivity index (χ0) is 17.1. The van der Waals surface area contributed by atoms with E-state index in [0.29, 0.717) is 21.7 Å². The van der Waals surface area contributed by atoms with Crippen molar-refractivity contribution in [3.63, 3.8) is 0 Å². The van der Waals surface area contributed by atoms with Crippen LogP contribution in [-0.4, -0.2) is 18.1 Å². The lowest BCUT2D eigenvalue weighted by atomic mass is 10.1. The summed E-state index contributed by atoms with van der Waals surface area (Å²) in [5.74, 6) is -0.640. The van der Waals surface area contributed by atoms with Crippen LogP contribution in [0.3, 0.4) is 0 Å². The predicted octanol–water partition coefficient (Wildman–Crippen LogP) is 4.39. The van der Waals surface area contributed by atoms with Gasteiger partial charge >= 0.3 is 5.97 Å². The third-order valence-electron chi connectivity index (χ3n) is 3.43. The first-order valence-corrected chi connectivity index (χ1v) is 7.50. The van der Waals surface area contributed by atoms with Crippen LogP contribution in [0.25, 0.3) is 10.9 Å². The summed E-state index contributed by atoms with van der Waals surface area (Å²) in [4.78, 5) is 15.9. The summed E-state index contributed by atoms with van der Waals surface area (Å²) < 4.78 is 24.0. The Labute approximate surface area is 142 Å². The van der Waals surface area contributed by atoms with Gasteiger partial charge in [-0.3, -0.25) is 0 Å². The summed E-state index contributed by atoms with van der Waals surface area (Å²) in [6.07, 6.45) is 0. The van der Waals surface area contributed by atoms with Crippen molar-refractivity contribution >= 4 is 28.5 Å². The number of carbonyl (C=O) groups excluding carboxylic acids is 1. The van der Waals surface area contributed by atoms with Gasteiger partial charge in [0.2, 0.25) is 0 Å². The maximum Gasteiger partial charge on any atom is 0.356 e. The fraction of sp³-hybridized carbons (Fsp3) is 0.111. The van der Waals surface area contributed by atoms with Crippen molar-refractivity contribution in [3.05, 3.63) is 70.6 Å². The first-order chi connectivity index (χ1) is 11.6. The molecule has 0 fully saturated rings. The molecule has 0 radical (unpaired) electrons. The normalized spacial score (nSPS) is 10.6. The van der Waals surface area contributed by atoms with Crippen LogP contribution in [-0.2, 0) is 11.3 Å². The fourth-order valence-corrected chi connectivity index (χ4v) is 2.36. The monoisotopic (exact) mass is 345 g/mol. The van der Waals surface area contributed by atoms with E-state index in [4.69, 9.17) is 21.1 Å². The van der Waals surface area contributed by atoms with Gasteiger partial charge in [-0.25, -0.2) is 14.2 Å². The van der Waals surface area contributed by atoms with Crippen LogP contribution >= 0.6 is 11.6 Å². The molecule has 6 heteroatoms. The number of methoxy groups -OCH3 is 1. The van der Waals surface area contributed by atoms with E-state index in [1.54, 1.807) is 12.1 Å². The Bertz CT molecular complexity index is 897. The molecule has 0 atom stereocenters. The molecular formula is C18H13ClFNO3. The quantitative estimate of drug-likeness (QED) is 0.658. The highest BCUT2D eigenvalue weighted by Gasteiger charge is 2.14. The molecule has 1 aromatic heterocycles.